The van der Waals surface area contributed by atoms with Crippen LogP contribution in [-0.2, 0) is 4.74 Å². The van der Waals surface area contributed by atoms with E-state index in [-0.39, 0.29) is 31.1 Å². The minimum absolute atomic E-state index is 0. The van der Waals surface area contributed by atoms with Gasteiger partial charge in [0.2, 0.25) is 0 Å². The van der Waals surface area contributed by atoms with Crippen LogP contribution in [0.25, 0.3) is 0 Å². The van der Waals surface area contributed by atoms with Gasteiger partial charge in [0.05, 0.1) is 13.2 Å². The maximum Gasteiger partial charge on any atom is 2.00 e. The summed E-state index contributed by atoms with van der Waals surface area (Å²) in [6, 6.07) is 11.4. The second-order valence-electron chi connectivity index (χ2n) is 8.90. The summed E-state index contributed by atoms with van der Waals surface area (Å²) >= 11 is 0. The van der Waals surface area contributed by atoms with Gasteiger partial charge in [-0.3, -0.25) is 15.2 Å². The first-order chi connectivity index (χ1) is 16.1. The summed E-state index contributed by atoms with van der Waals surface area (Å²) < 4.78 is 34.1. The Morgan fingerprint density at radius 2 is 1.77 bits per heavy atom. The molecule has 0 spiro atoms. The van der Waals surface area contributed by atoms with E-state index in [0.717, 1.165) is 58.9 Å². The zero-order valence-electron chi connectivity index (χ0n) is 21.8. The molecule has 35 heavy (non-hydrogen) atoms. The van der Waals surface area contributed by atoms with E-state index < -0.39 is 6.68 Å². The van der Waals surface area contributed by atoms with Crippen LogP contribution in [0.1, 0.15) is 32.8 Å². The summed E-state index contributed by atoms with van der Waals surface area (Å²) in [4.78, 5) is 7.12. The second-order valence-corrected chi connectivity index (χ2v) is 8.90. The molecule has 0 bridgehead atoms. The van der Waals surface area contributed by atoms with Crippen molar-refractivity contribution in [3.05, 3.63) is 54.2 Å². The molecule has 2 saturated heterocycles. The van der Waals surface area contributed by atoms with Crippen molar-refractivity contribution < 1.29 is 49.0 Å². The van der Waals surface area contributed by atoms with Crippen molar-refractivity contribution in [2.45, 2.75) is 40.2 Å². The van der Waals surface area contributed by atoms with Crippen LogP contribution in [0.4, 0.5) is 13.2 Å². The van der Waals surface area contributed by atoms with Crippen molar-refractivity contribution >= 4 is 5.84 Å². The number of allylic oxidation sites excluding steroid dienone is 1. The molecule has 0 radical (unpaired) electrons. The molecule has 0 atom stereocenters. The Labute approximate surface area is 233 Å². The maximum absolute atomic E-state index is 9.58. The topological polar surface area (TPSA) is 42.8 Å². The van der Waals surface area contributed by atoms with Crippen molar-refractivity contribution in [3.63, 3.8) is 0 Å². The Balaban J connectivity index is 0.000000798. The third-order valence-corrected chi connectivity index (χ3v) is 6.06. The summed E-state index contributed by atoms with van der Waals surface area (Å²) in [6.45, 7) is 13.7. The van der Waals surface area contributed by atoms with E-state index >= 15 is 0 Å². The summed E-state index contributed by atoms with van der Waals surface area (Å²) in [6.07, 6.45) is 3.12. The summed E-state index contributed by atoms with van der Waals surface area (Å²) in [7, 11) is 2.22. The monoisotopic (exact) mass is 720 g/mol. The van der Waals surface area contributed by atoms with Crippen molar-refractivity contribution in [2.75, 3.05) is 59.5 Å². The fraction of sp³-hybridized carbons (Fsp3) is 0.615. The molecule has 0 saturated carbocycles. The molecule has 2 heterocycles. The first-order valence-corrected chi connectivity index (χ1v) is 11.9. The number of morpholine rings is 1. The molecule has 0 aromatic heterocycles. The quantitative estimate of drug-likeness (QED) is 0.244. The zero-order chi connectivity index (χ0) is 25.5. The first-order valence-electron chi connectivity index (χ1n) is 11.9. The standard InChI is InChI=1S/C18H34N4O.C7H7.CF3.U/c1-5-16(15(2)3)12-18(19)22-13-17(14-22)20(4)6-7-21-8-10-23-11-9-21;1-7-5-3-2-4-6-7;2-1(3)4;/h12,15,17,19H,5-11,13-14H2,1-4H3;3-6H,1H3;;/q;2*-1;+2/b16-12+,19-18?;;;. The normalized spacial score (nSPS) is 16.7. The molecule has 0 amide bonds. The Bertz CT molecular complexity index is 707. The predicted octanol–water partition coefficient (Wildman–Crippen LogP) is 5.04. The van der Waals surface area contributed by atoms with E-state index in [4.69, 9.17) is 10.1 Å². The SMILES string of the molecule is CC/C(=C\C(=N)N1CC(N(C)CCN2CCOCC2)C1)C(C)C.Cc1cc[c-]cc1.F[C-](F)F.[U+2]. The van der Waals surface area contributed by atoms with Crippen LogP contribution in [0.15, 0.2) is 35.9 Å². The van der Waals surface area contributed by atoms with E-state index in [9.17, 15) is 13.2 Å². The molecule has 0 unspecified atom stereocenters. The molecule has 2 aliphatic heterocycles. The van der Waals surface area contributed by atoms with E-state index in [1.54, 1.807) is 0 Å². The van der Waals surface area contributed by atoms with Crippen molar-refractivity contribution in [1.82, 2.24) is 14.7 Å². The molecule has 2 fully saturated rings. The van der Waals surface area contributed by atoms with Gasteiger partial charge in [0.25, 0.3) is 0 Å². The molecule has 1 aromatic carbocycles. The second kappa shape index (κ2) is 19.3. The van der Waals surface area contributed by atoms with E-state index in [1.165, 1.54) is 11.1 Å². The number of amidine groups is 1. The van der Waals surface area contributed by atoms with Crippen LogP contribution in [-0.4, -0.2) is 86.1 Å². The number of aryl methyl sites for hydroxylation is 1. The van der Waals surface area contributed by atoms with Gasteiger partial charge in [0.15, 0.2) is 6.68 Å². The fourth-order valence-electron chi connectivity index (χ4n) is 3.65. The zero-order valence-corrected chi connectivity index (χ0v) is 26.0. The average Bonchev–Trinajstić information content (AvgIpc) is 2.76. The van der Waals surface area contributed by atoms with Gasteiger partial charge < -0.3 is 22.8 Å². The number of likely N-dealkylation sites (tertiary alicyclic amines) is 1. The molecule has 0 aliphatic carbocycles. The average molecular weight is 721 g/mol. The van der Waals surface area contributed by atoms with Gasteiger partial charge in [-0.1, -0.05) is 33.3 Å². The molecule has 1 N–H and O–H groups in total. The van der Waals surface area contributed by atoms with Crippen LogP contribution >= 0.6 is 0 Å². The minimum atomic E-state index is -3.08. The van der Waals surface area contributed by atoms with E-state index in [1.807, 2.05) is 24.3 Å². The number of halogens is 3. The minimum Gasteiger partial charge on any atom is -0.385 e. The van der Waals surface area contributed by atoms with Gasteiger partial charge in [-0.2, -0.15) is 35.9 Å². The molecular weight excluding hydrogens is 679 g/mol. The number of benzene rings is 1. The van der Waals surface area contributed by atoms with E-state index in [0.29, 0.717) is 17.8 Å². The Morgan fingerprint density at radius 3 is 2.20 bits per heavy atom. The Kier molecular flexibility index (Phi) is 18.8. The van der Waals surface area contributed by atoms with Crippen LogP contribution in [0.2, 0.25) is 0 Å². The third kappa shape index (κ3) is 15.1. The number of rotatable bonds is 7. The van der Waals surface area contributed by atoms with Gasteiger partial charge in [-0.25, -0.2) is 0 Å². The number of likely N-dealkylation sites (N-methyl/N-ethyl adjacent to an activating group) is 1. The molecule has 9 heteroatoms. The Morgan fingerprint density at radius 1 is 1.23 bits per heavy atom. The number of nitrogens with one attached hydrogen (secondary N) is 1. The number of ether oxygens (including phenoxy) is 1. The molecule has 1 aromatic rings. The van der Waals surface area contributed by atoms with Crippen LogP contribution in [0, 0.1) is 62.1 Å². The molecule has 196 valence electrons. The van der Waals surface area contributed by atoms with Crippen LogP contribution < -0.4 is 0 Å². The summed E-state index contributed by atoms with van der Waals surface area (Å²) in [5, 5.41) is 8.28. The number of hydrogen-bond donors (Lipinski definition) is 1. The Hall–Kier alpha value is -0.848. The van der Waals surface area contributed by atoms with E-state index in [2.05, 4.69) is 61.6 Å². The molecular formula is C26H41F3N4OU. The van der Waals surface area contributed by atoms with Crippen molar-refractivity contribution in [3.8, 4) is 0 Å². The number of hydrogen-bond acceptors (Lipinski definition) is 4. The van der Waals surface area contributed by atoms with Crippen molar-refractivity contribution in [2.24, 2.45) is 5.92 Å². The van der Waals surface area contributed by atoms with Gasteiger partial charge in [0, 0.05) is 45.3 Å². The van der Waals surface area contributed by atoms with Gasteiger partial charge in [0.1, 0.15) is 5.84 Å². The smallest absolute Gasteiger partial charge is 0.385 e. The van der Waals surface area contributed by atoms with Crippen molar-refractivity contribution in [1.29, 1.82) is 5.41 Å². The summed E-state index contributed by atoms with van der Waals surface area (Å²) in [5.74, 6) is 1.22. The van der Waals surface area contributed by atoms with Crippen LogP contribution in [0.3, 0.4) is 0 Å². The van der Waals surface area contributed by atoms with Gasteiger partial charge in [-0.05, 0) is 25.5 Å². The maximum atomic E-state index is 9.58. The van der Waals surface area contributed by atoms with Gasteiger partial charge in [-0.15, -0.1) is 0 Å². The first kappa shape index (κ1) is 34.2. The van der Waals surface area contributed by atoms with Crippen LogP contribution in [0.5, 0.6) is 0 Å². The largest absolute Gasteiger partial charge is 2.00 e. The summed E-state index contributed by atoms with van der Waals surface area (Å²) in [5.41, 5.74) is 2.66. The molecule has 5 nitrogen and oxygen atoms in total. The number of nitrogens with zero attached hydrogens (tertiary/aromatic N) is 3. The molecule has 2 aliphatic rings. The fourth-order valence-corrected chi connectivity index (χ4v) is 3.65. The van der Waals surface area contributed by atoms with Gasteiger partial charge >= 0.3 is 31.1 Å². The molecule has 3 rings (SSSR count). The third-order valence-electron chi connectivity index (χ3n) is 6.06. The predicted molar refractivity (Wildman–Crippen MR) is 133 cm³/mol.